The van der Waals surface area contributed by atoms with Crippen LogP contribution in [0.2, 0.25) is 5.02 Å². The molecule has 2 atom stereocenters. The predicted octanol–water partition coefficient (Wildman–Crippen LogP) is 5.15. The van der Waals surface area contributed by atoms with Crippen molar-refractivity contribution in [1.82, 2.24) is 19.6 Å². The van der Waals surface area contributed by atoms with Crippen LogP contribution in [0.4, 0.5) is 4.79 Å². The van der Waals surface area contributed by atoms with Gasteiger partial charge in [0.25, 0.3) is 0 Å². The summed E-state index contributed by atoms with van der Waals surface area (Å²) in [6.07, 6.45) is 9.37. The van der Waals surface area contributed by atoms with Gasteiger partial charge in [0.1, 0.15) is 0 Å². The SMILES string of the molecule is CCC1CC(N2CCC(n3cc(-c4ccc(Cl)cc4)cn3)CC2)CCCN1C(=O)O. The molecule has 2 aliphatic heterocycles. The molecule has 0 aliphatic carbocycles. The third-order valence-electron chi connectivity index (χ3n) is 6.81. The Labute approximate surface area is 183 Å². The summed E-state index contributed by atoms with van der Waals surface area (Å²) >= 11 is 6.00. The van der Waals surface area contributed by atoms with E-state index < -0.39 is 6.09 Å². The van der Waals surface area contributed by atoms with Crippen LogP contribution in [0.3, 0.4) is 0 Å². The number of carbonyl (C=O) groups is 1. The Balaban J connectivity index is 1.36. The zero-order chi connectivity index (χ0) is 21.1. The summed E-state index contributed by atoms with van der Waals surface area (Å²) in [5.74, 6) is 0. The second-order valence-electron chi connectivity index (χ2n) is 8.55. The van der Waals surface area contributed by atoms with Crippen molar-refractivity contribution in [3.05, 3.63) is 41.7 Å². The van der Waals surface area contributed by atoms with Gasteiger partial charge in [0.2, 0.25) is 0 Å². The first-order valence-electron chi connectivity index (χ1n) is 11.1. The smallest absolute Gasteiger partial charge is 0.407 e. The number of hydrogen-bond donors (Lipinski definition) is 1. The van der Waals surface area contributed by atoms with Crippen LogP contribution < -0.4 is 0 Å². The number of piperidine rings is 1. The number of halogens is 1. The van der Waals surface area contributed by atoms with Crippen molar-refractivity contribution in [3.8, 4) is 11.1 Å². The highest BCUT2D eigenvalue weighted by Gasteiger charge is 2.33. The fourth-order valence-electron chi connectivity index (χ4n) is 5.05. The normalized spacial score (nSPS) is 24.0. The Kier molecular flexibility index (Phi) is 6.64. The van der Waals surface area contributed by atoms with E-state index >= 15 is 0 Å². The summed E-state index contributed by atoms with van der Waals surface area (Å²) in [5, 5.41) is 14.9. The van der Waals surface area contributed by atoms with E-state index in [9.17, 15) is 9.90 Å². The van der Waals surface area contributed by atoms with Crippen LogP contribution in [0.5, 0.6) is 0 Å². The maximum Gasteiger partial charge on any atom is 0.407 e. The van der Waals surface area contributed by atoms with Crippen molar-refractivity contribution in [3.63, 3.8) is 0 Å². The standard InChI is InChI=1S/C23H31ClN4O2/c1-2-20-14-22(4-3-11-27(20)23(29)30)26-12-9-21(10-13-26)28-16-18(15-25-28)17-5-7-19(24)8-6-17/h5-8,15-16,20-22H,2-4,9-14H2,1H3,(H,29,30). The van der Waals surface area contributed by atoms with Crippen molar-refractivity contribution >= 4 is 17.7 Å². The Morgan fingerprint density at radius 1 is 1.10 bits per heavy atom. The van der Waals surface area contributed by atoms with Gasteiger partial charge in [0, 0.05) is 48.5 Å². The highest BCUT2D eigenvalue weighted by atomic mass is 35.5. The van der Waals surface area contributed by atoms with Crippen LogP contribution in [0.1, 0.15) is 51.5 Å². The predicted molar refractivity (Wildman–Crippen MR) is 119 cm³/mol. The molecular weight excluding hydrogens is 400 g/mol. The first-order chi connectivity index (χ1) is 14.5. The first kappa shape index (κ1) is 21.2. The Hall–Kier alpha value is -2.05. The van der Waals surface area contributed by atoms with Crippen LogP contribution >= 0.6 is 11.6 Å². The lowest BCUT2D eigenvalue weighted by molar-refractivity contribution is 0.0982. The van der Waals surface area contributed by atoms with Crippen molar-refractivity contribution in [1.29, 1.82) is 0 Å². The summed E-state index contributed by atoms with van der Waals surface area (Å²) < 4.78 is 2.12. The molecule has 7 heteroatoms. The van der Waals surface area contributed by atoms with Crippen LogP contribution in [0.15, 0.2) is 36.7 Å². The van der Waals surface area contributed by atoms with E-state index in [1.807, 2.05) is 30.5 Å². The van der Waals surface area contributed by atoms with Gasteiger partial charge in [-0.05, 0) is 56.2 Å². The molecule has 0 radical (unpaired) electrons. The Morgan fingerprint density at radius 2 is 1.83 bits per heavy atom. The molecule has 30 heavy (non-hydrogen) atoms. The van der Waals surface area contributed by atoms with Crippen molar-refractivity contribution in [2.75, 3.05) is 19.6 Å². The molecule has 2 saturated heterocycles. The highest BCUT2D eigenvalue weighted by molar-refractivity contribution is 6.30. The zero-order valence-electron chi connectivity index (χ0n) is 17.6. The van der Waals surface area contributed by atoms with E-state index in [0.29, 0.717) is 18.6 Å². The molecule has 2 aromatic rings. The van der Waals surface area contributed by atoms with Crippen LogP contribution in [0, 0.1) is 0 Å². The van der Waals surface area contributed by atoms with E-state index in [1.54, 1.807) is 4.90 Å². The van der Waals surface area contributed by atoms with Crippen molar-refractivity contribution in [2.24, 2.45) is 0 Å². The lowest BCUT2D eigenvalue weighted by Crippen LogP contribution is -2.45. The van der Waals surface area contributed by atoms with Gasteiger partial charge in [-0.25, -0.2) is 4.79 Å². The van der Waals surface area contributed by atoms with E-state index in [-0.39, 0.29) is 6.04 Å². The molecule has 3 heterocycles. The molecule has 1 aromatic heterocycles. The molecule has 1 aromatic carbocycles. The van der Waals surface area contributed by atoms with Crippen LogP contribution in [0.25, 0.3) is 11.1 Å². The average molecular weight is 431 g/mol. The first-order valence-corrected chi connectivity index (χ1v) is 11.5. The number of nitrogens with zero attached hydrogens (tertiary/aromatic N) is 4. The summed E-state index contributed by atoms with van der Waals surface area (Å²) in [6, 6.07) is 8.93. The fraction of sp³-hybridized carbons (Fsp3) is 0.565. The third kappa shape index (κ3) is 4.65. The third-order valence-corrected chi connectivity index (χ3v) is 7.06. The highest BCUT2D eigenvalue weighted by Crippen LogP contribution is 2.30. The van der Waals surface area contributed by atoms with Crippen LogP contribution in [-0.2, 0) is 0 Å². The lowest BCUT2D eigenvalue weighted by Gasteiger charge is -2.38. The number of rotatable bonds is 4. The number of likely N-dealkylation sites (tertiary alicyclic amines) is 2. The van der Waals surface area contributed by atoms with Gasteiger partial charge < -0.3 is 14.9 Å². The average Bonchev–Trinajstić information content (AvgIpc) is 3.14. The molecule has 2 unspecified atom stereocenters. The summed E-state index contributed by atoms with van der Waals surface area (Å²) in [7, 11) is 0. The molecular formula is C23H31ClN4O2. The maximum absolute atomic E-state index is 11.6. The van der Waals surface area contributed by atoms with E-state index in [2.05, 4.69) is 27.8 Å². The van der Waals surface area contributed by atoms with Crippen molar-refractivity contribution in [2.45, 2.75) is 63.6 Å². The fourth-order valence-corrected chi connectivity index (χ4v) is 5.18. The summed E-state index contributed by atoms with van der Waals surface area (Å²) in [6.45, 7) is 4.87. The number of benzene rings is 1. The molecule has 162 valence electrons. The lowest BCUT2D eigenvalue weighted by atomic mass is 9.97. The molecule has 6 nitrogen and oxygen atoms in total. The second kappa shape index (κ2) is 9.40. The largest absolute Gasteiger partial charge is 0.465 e. The molecule has 1 amide bonds. The minimum atomic E-state index is -0.767. The Morgan fingerprint density at radius 3 is 2.50 bits per heavy atom. The van der Waals surface area contributed by atoms with Gasteiger partial charge in [-0.3, -0.25) is 4.68 Å². The topological polar surface area (TPSA) is 61.6 Å². The van der Waals surface area contributed by atoms with E-state index in [4.69, 9.17) is 11.6 Å². The molecule has 4 rings (SSSR count). The zero-order valence-corrected chi connectivity index (χ0v) is 18.3. The summed E-state index contributed by atoms with van der Waals surface area (Å²) in [5.41, 5.74) is 2.26. The quantitative estimate of drug-likeness (QED) is 0.728. The van der Waals surface area contributed by atoms with Gasteiger partial charge in [-0.2, -0.15) is 5.10 Å². The molecule has 2 aliphatic rings. The molecule has 0 bridgehead atoms. The number of carboxylic acid groups (broad SMARTS) is 1. The van der Waals surface area contributed by atoms with E-state index in [0.717, 1.165) is 67.8 Å². The van der Waals surface area contributed by atoms with Gasteiger partial charge in [-0.1, -0.05) is 30.7 Å². The van der Waals surface area contributed by atoms with Gasteiger partial charge in [-0.15, -0.1) is 0 Å². The Bertz CT molecular complexity index is 845. The summed E-state index contributed by atoms with van der Waals surface area (Å²) in [4.78, 5) is 15.8. The molecule has 1 N–H and O–H groups in total. The minimum Gasteiger partial charge on any atom is -0.465 e. The second-order valence-corrected chi connectivity index (χ2v) is 8.99. The van der Waals surface area contributed by atoms with Crippen LogP contribution in [-0.4, -0.2) is 62.5 Å². The number of aromatic nitrogens is 2. The van der Waals surface area contributed by atoms with E-state index in [1.165, 1.54) is 0 Å². The van der Waals surface area contributed by atoms with Crippen molar-refractivity contribution < 1.29 is 9.90 Å². The molecule has 0 spiro atoms. The maximum atomic E-state index is 11.6. The number of hydrogen-bond acceptors (Lipinski definition) is 3. The van der Waals surface area contributed by atoms with Gasteiger partial charge >= 0.3 is 6.09 Å². The molecule has 0 saturated carbocycles. The molecule has 2 fully saturated rings. The minimum absolute atomic E-state index is 0.140. The van der Waals surface area contributed by atoms with Gasteiger partial charge in [0.05, 0.1) is 12.2 Å². The number of amides is 1. The van der Waals surface area contributed by atoms with Gasteiger partial charge in [0.15, 0.2) is 0 Å². The monoisotopic (exact) mass is 430 g/mol.